The minimum Gasteiger partial charge on any atom is -0.872 e. The highest BCUT2D eigenvalue weighted by atomic mass is 79.9. The summed E-state index contributed by atoms with van der Waals surface area (Å²) in [6.45, 7) is 4.73. The number of hydrogen-bond donors (Lipinski definition) is 1. The molecule has 0 radical (unpaired) electrons. The van der Waals surface area contributed by atoms with Crippen molar-refractivity contribution in [3.8, 4) is 0 Å². The SMILES string of the molecule is O=C1C(=O)N(CCC[NH+]2CCOCC2)C(c2cccc(Br)c2)C1=C([O-])c1ccccc1. The second-order valence-corrected chi connectivity index (χ2v) is 8.78. The molecule has 2 aromatic rings. The lowest BCUT2D eigenvalue weighted by Gasteiger charge is -2.29. The summed E-state index contributed by atoms with van der Waals surface area (Å²) in [5.74, 6) is -1.68. The van der Waals surface area contributed by atoms with Crippen LogP contribution in [0.2, 0.25) is 0 Å². The molecule has 1 amide bonds. The van der Waals surface area contributed by atoms with Crippen molar-refractivity contribution in [3.05, 3.63) is 75.8 Å². The molecular formula is C24H25BrN2O4. The van der Waals surface area contributed by atoms with Crippen LogP contribution in [0.5, 0.6) is 0 Å². The number of hydrogen-bond acceptors (Lipinski definition) is 4. The van der Waals surface area contributed by atoms with E-state index in [0.29, 0.717) is 12.1 Å². The lowest BCUT2D eigenvalue weighted by molar-refractivity contribution is -0.908. The zero-order valence-corrected chi connectivity index (χ0v) is 18.8. The van der Waals surface area contributed by atoms with Gasteiger partial charge < -0.3 is 19.6 Å². The van der Waals surface area contributed by atoms with Gasteiger partial charge >= 0.3 is 0 Å². The molecule has 0 spiro atoms. The lowest BCUT2D eigenvalue weighted by Crippen LogP contribution is -3.14. The fraction of sp³-hybridized carbons (Fsp3) is 0.333. The maximum atomic E-state index is 13.3. The normalized spacial score (nSPS) is 21.6. The maximum Gasteiger partial charge on any atom is 0.295 e. The van der Waals surface area contributed by atoms with Gasteiger partial charge in [-0.1, -0.05) is 64.2 Å². The first-order chi connectivity index (χ1) is 15.1. The van der Waals surface area contributed by atoms with Gasteiger partial charge in [0.2, 0.25) is 5.78 Å². The van der Waals surface area contributed by atoms with Crippen LogP contribution < -0.4 is 10.0 Å². The Morgan fingerprint density at radius 2 is 1.84 bits per heavy atom. The average Bonchev–Trinajstić information content (AvgIpc) is 3.05. The average molecular weight is 485 g/mol. The van der Waals surface area contributed by atoms with Crippen LogP contribution in [0.3, 0.4) is 0 Å². The summed E-state index contributed by atoms with van der Waals surface area (Å²) in [5, 5.41) is 13.3. The number of quaternary nitrogens is 1. The first-order valence-electron chi connectivity index (χ1n) is 10.5. The fourth-order valence-corrected chi connectivity index (χ4v) is 4.70. The van der Waals surface area contributed by atoms with Gasteiger partial charge in [0, 0.05) is 23.0 Å². The number of amides is 1. The van der Waals surface area contributed by atoms with E-state index >= 15 is 0 Å². The molecule has 1 atom stereocenters. The number of Topliss-reactive ketones (excluding diaryl/α,β-unsaturated/α-hetero) is 1. The molecular weight excluding hydrogens is 460 g/mol. The first-order valence-corrected chi connectivity index (χ1v) is 11.3. The Morgan fingerprint density at radius 3 is 2.55 bits per heavy atom. The Bertz CT molecular complexity index is 986. The molecule has 2 aliphatic heterocycles. The van der Waals surface area contributed by atoms with Crippen LogP contribution in [0.1, 0.15) is 23.6 Å². The molecule has 7 heteroatoms. The van der Waals surface area contributed by atoms with Gasteiger partial charge in [0.1, 0.15) is 13.1 Å². The molecule has 4 rings (SSSR count). The number of nitrogens with one attached hydrogen (secondary N) is 1. The van der Waals surface area contributed by atoms with Crippen LogP contribution in [0, 0.1) is 0 Å². The quantitative estimate of drug-likeness (QED) is 0.376. The maximum absolute atomic E-state index is 13.3. The molecule has 6 nitrogen and oxygen atoms in total. The van der Waals surface area contributed by atoms with Crippen molar-refractivity contribution >= 4 is 33.4 Å². The standard InChI is InChI=1S/C24H25BrN2O4/c25-19-9-4-8-18(16-19)21-20(22(28)17-6-2-1-3-7-17)23(29)24(30)27(21)11-5-10-26-12-14-31-15-13-26/h1-4,6-9,16,21,28H,5,10-15H2. The molecule has 162 valence electrons. The van der Waals surface area contributed by atoms with E-state index in [2.05, 4.69) is 15.9 Å². The number of morpholine rings is 1. The van der Waals surface area contributed by atoms with Crippen LogP contribution in [-0.2, 0) is 14.3 Å². The zero-order valence-electron chi connectivity index (χ0n) is 17.2. The van der Waals surface area contributed by atoms with Crippen molar-refractivity contribution < 1.29 is 24.3 Å². The zero-order chi connectivity index (χ0) is 21.8. The highest BCUT2D eigenvalue weighted by molar-refractivity contribution is 9.10. The summed E-state index contributed by atoms with van der Waals surface area (Å²) in [6.07, 6.45) is 0.756. The van der Waals surface area contributed by atoms with Gasteiger partial charge in [-0.05, 0) is 23.3 Å². The molecule has 1 unspecified atom stereocenters. The van der Waals surface area contributed by atoms with Gasteiger partial charge in [0.15, 0.2) is 0 Å². The van der Waals surface area contributed by atoms with E-state index < -0.39 is 17.7 Å². The van der Waals surface area contributed by atoms with Crippen LogP contribution in [0.15, 0.2) is 64.6 Å². The second-order valence-electron chi connectivity index (χ2n) is 7.86. The van der Waals surface area contributed by atoms with E-state index in [1.54, 1.807) is 29.2 Å². The van der Waals surface area contributed by atoms with E-state index in [1.807, 2.05) is 30.3 Å². The van der Waals surface area contributed by atoms with Crippen molar-refractivity contribution in [1.29, 1.82) is 0 Å². The van der Waals surface area contributed by atoms with Crippen LogP contribution in [-0.4, -0.2) is 56.0 Å². The van der Waals surface area contributed by atoms with Crippen molar-refractivity contribution in [1.82, 2.24) is 4.90 Å². The molecule has 2 heterocycles. The van der Waals surface area contributed by atoms with Gasteiger partial charge in [-0.15, -0.1) is 0 Å². The van der Waals surface area contributed by atoms with E-state index in [1.165, 1.54) is 4.90 Å². The van der Waals surface area contributed by atoms with E-state index in [0.717, 1.165) is 49.3 Å². The van der Waals surface area contributed by atoms with Gasteiger partial charge in [-0.25, -0.2) is 0 Å². The van der Waals surface area contributed by atoms with Gasteiger partial charge in [-0.3, -0.25) is 9.59 Å². The number of halogens is 1. The third-order valence-corrected chi connectivity index (χ3v) is 6.35. The number of rotatable bonds is 6. The van der Waals surface area contributed by atoms with E-state index in [-0.39, 0.29) is 11.3 Å². The Kier molecular flexibility index (Phi) is 6.85. The molecule has 2 fully saturated rings. The molecule has 0 aliphatic carbocycles. The Labute approximate surface area is 190 Å². The smallest absolute Gasteiger partial charge is 0.295 e. The molecule has 2 saturated heterocycles. The third-order valence-electron chi connectivity index (χ3n) is 5.86. The first kappa shape index (κ1) is 21.7. The van der Waals surface area contributed by atoms with Crippen molar-refractivity contribution in [2.75, 3.05) is 39.4 Å². The minimum absolute atomic E-state index is 0.0352. The second kappa shape index (κ2) is 9.77. The number of nitrogens with zero attached hydrogens (tertiary/aromatic N) is 1. The van der Waals surface area contributed by atoms with Crippen molar-refractivity contribution in [2.24, 2.45) is 0 Å². The summed E-state index contributed by atoms with van der Waals surface area (Å²) < 4.78 is 6.24. The largest absolute Gasteiger partial charge is 0.872 e. The number of ether oxygens (including phenoxy) is 1. The molecule has 31 heavy (non-hydrogen) atoms. The highest BCUT2D eigenvalue weighted by Crippen LogP contribution is 2.39. The fourth-order valence-electron chi connectivity index (χ4n) is 4.28. The van der Waals surface area contributed by atoms with E-state index in [9.17, 15) is 14.7 Å². The summed E-state index contributed by atoms with van der Waals surface area (Å²) in [6, 6.07) is 15.5. The van der Waals surface area contributed by atoms with E-state index in [4.69, 9.17) is 4.74 Å². The molecule has 1 N–H and O–H groups in total. The summed E-state index contributed by atoms with van der Waals surface area (Å²) in [7, 11) is 0. The van der Waals surface area contributed by atoms with Crippen LogP contribution >= 0.6 is 15.9 Å². The van der Waals surface area contributed by atoms with Gasteiger partial charge in [0.25, 0.3) is 5.91 Å². The predicted molar refractivity (Wildman–Crippen MR) is 118 cm³/mol. The summed E-state index contributed by atoms with van der Waals surface area (Å²) in [4.78, 5) is 29.0. The van der Waals surface area contributed by atoms with Gasteiger partial charge in [-0.2, -0.15) is 0 Å². The van der Waals surface area contributed by atoms with Crippen LogP contribution in [0.4, 0.5) is 0 Å². The lowest BCUT2D eigenvalue weighted by atomic mass is 9.95. The van der Waals surface area contributed by atoms with Crippen molar-refractivity contribution in [2.45, 2.75) is 12.5 Å². The van der Waals surface area contributed by atoms with Crippen LogP contribution in [0.25, 0.3) is 5.76 Å². The number of likely N-dealkylation sites (tertiary alicyclic amines) is 1. The van der Waals surface area contributed by atoms with Gasteiger partial charge in [0.05, 0.1) is 25.8 Å². The Hall–Kier alpha value is -2.48. The summed E-state index contributed by atoms with van der Waals surface area (Å²) >= 11 is 3.47. The minimum atomic E-state index is -0.697. The Balaban J connectivity index is 1.66. The molecule has 0 saturated carbocycles. The molecule has 0 bridgehead atoms. The number of benzene rings is 2. The monoisotopic (exact) mass is 484 g/mol. The van der Waals surface area contributed by atoms with Crippen molar-refractivity contribution in [3.63, 3.8) is 0 Å². The number of carbonyl (C=O) groups is 2. The number of ketones is 1. The molecule has 2 aromatic carbocycles. The summed E-state index contributed by atoms with van der Waals surface area (Å²) in [5.41, 5.74) is 1.21. The third kappa shape index (κ3) is 4.74. The molecule has 0 aromatic heterocycles. The predicted octanol–water partition coefficient (Wildman–Crippen LogP) is 0.978. The number of carbonyl (C=O) groups excluding carboxylic acids is 2. The molecule has 2 aliphatic rings. The Morgan fingerprint density at radius 1 is 1.10 bits per heavy atom. The topological polar surface area (TPSA) is 74.1 Å². The highest BCUT2D eigenvalue weighted by Gasteiger charge is 2.44.